The number of rotatable bonds is 3. The molecular formula is C15H23N3O2. The zero-order chi connectivity index (χ0) is 14.7. The van der Waals surface area contributed by atoms with E-state index in [9.17, 15) is 9.90 Å². The van der Waals surface area contributed by atoms with E-state index in [1.807, 2.05) is 31.3 Å². The van der Waals surface area contributed by atoms with E-state index in [1.54, 1.807) is 4.90 Å². The molecule has 1 aromatic rings. The summed E-state index contributed by atoms with van der Waals surface area (Å²) in [5.74, 6) is 0. The van der Waals surface area contributed by atoms with Crippen molar-refractivity contribution in [3.05, 3.63) is 24.3 Å². The molecular weight excluding hydrogens is 254 g/mol. The normalized spacial score (nSPS) is 18.4. The third-order valence-corrected chi connectivity index (χ3v) is 3.73. The number of hydrogen-bond donors (Lipinski definition) is 2. The highest BCUT2D eigenvalue weighted by atomic mass is 16.3. The molecule has 1 aliphatic heterocycles. The van der Waals surface area contributed by atoms with Crippen LogP contribution < -0.4 is 10.2 Å². The highest BCUT2D eigenvalue weighted by Gasteiger charge is 2.24. The SMILES string of the molecule is CC(C)N(C)c1cccc(NC(=O)N2CCC(O)C2)c1. The van der Waals surface area contributed by atoms with Gasteiger partial charge in [0.25, 0.3) is 0 Å². The third-order valence-electron chi connectivity index (χ3n) is 3.73. The van der Waals surface area contributed by atoms with Crippen LogP contribution in [0.2, 0.25) is 0 Å². The molecule has 1 saturated heterocycles. The van der Waals surface area contributed by atoms with E-state index in [2.05, 4.69) is 24.1 Å². The van der Waals surface area contributed by atoms with Gasteiger partial charge in [0.1, 0.15) is 0 Å². The predicted molar refractivity (Wildman–Crippen MR) is 81.2 cm³/mol. The highest BCUT2D eigenvalue weighted by molar-refractivity contribution is 5.90. The van der Waals surface area contributed by atoms with Gasteiger partial charge in [0, 0.05) is 37.6 Å². The second-order valence-electron chi connectivity index (χ2n) is 5.57. The molecule has 0 aromatic heterocycles. The lowest BCUT2D eigenvalue weighted by Crippen LogP contribution is -2.33. The van der Waals surface area contributed by atoms with Crippen LogP contribution in [0, 0.1) is 0 Å². The Bertz CT molecular complexity index is 476. The highest BCUT2D eigenvalue weighted by Crippen LogP contribution is 2.21. The molecule has 2 rings (SSSR count). The standard InChI is InChI=1S/C15H23N3O2/c1-11(2)17(3)13-6-4-5-12(9-13)16-15(20)18-8-7-14(19)10-18/h4-6,9,11,14,19H,7-8,10H2,1-3H3,(H,16,20). The van der Waals surface area contributed by atoms with Crippen molar-refractivity contribution in [1.82, 2.24) is 4.90 Å². The molecule has 0 bridgehead atoms. The number of nitrogens with one attached hydrogen (secondary N) is 1. The van der Waals surface area contributed by atoms with Crippen LogP contribution in [0.3, 0.4) is 0 Å². The number of benzene rings is 1. The lowest BCUT2D eigenvalue weighted by molar-refractivity contribution is 0.176. The fraction of sp³-hybridized carbons (Fsp3) is 0.533. The Morgan fingerprint density at radius 3 is 2.85 bits per heavy atom. The number of urea groups is 1. The quantitative estimate of drug-likeness (QED) is 0.890. The van der Waals surface area contributed by atoms with Gasteiger partial charge in [-0.25, -0.2) is 4.79 Å². The lowest BCUT2D eigenvalue weighted by Gasteiger charge is -2.24. The number of likely N-dealkylation sites (tertiary alicyclic amines) is 1. The monoisotopic (exact) mass is 277 g/mol. The Balaban J connectivity index is 2.02. The molecule has 1 unspecified atom stereocenters. The molecule has 0 aliphatic carbocycles. The Morgan fingerprint density at radius 2 is 2.25 bits per heavy atom. The van der Waals surface area contributed by atoms with E-state index in [1.165, 1.54) is 0 Å². The maximum atomic E-state index is 12.1. The first-order chi connectivity index (χ1) is 9.47. The summed E-state index contributed by atoms with van der Waals surface area (Å²) >= 11 is 0. The summed E-state index contributed by atoms with van der Waals surface area (Å²) in [4.78, 5) is 15.9. The summed E-state index contributed by atoms with van der Waals surface area (Å²) in [6.45, 7) is 5.27. The number of β-amino-alcohol motifs (C(OH)–C–C–N with tert-alkyl or cyclic N) is 1. The summed E-state index contributed by atoms with van der Waals surface area (Å²) < 4.78 is 0. The van der Waals surface area contributed by atoms with Gasteiger partial charge in [-0.1, -0.05) is 6.07 Å². The molecule has 1 fully saturated rings. The van der Waals surface area contributed by atoms with Gasteiger partial charge in [-0.15, -0.1) is 0 Å². The van der Waals surface area contributed by atoms with Crippen LogP contribution in [-0.4, -0.2) is 48.3 Å². The number of nitrogens with zero attached hydrogens (tertiary/aromatic N) is 2. The van der Waals surface area contributed by atoms with Crippen LogP contribution in [-0.2, 0) is 0 Å². The van der Waals surface area contributed by atoms with Crippen molar-refractivity contribution in [2.24, 2.45) is 0 Å². The average Bonchev–Trinajstić information content (AvgIpc) is 2.85. The first-order valence-electron chi connectivity index (χ1n) is 7.04. The van der Waals surface area contributed by atoms with E-state index >= 15 is 0 Å². The molecule has 1 heterocycles. The molecule has 2 amide bonds. The van der Waals surface area contributed by atoms with E-state index in [0.717, 1.165) is 11.4 Å². The molecule has 1 aromatic carbocycles. The van der Waals surface area contributed by atoms with Gasteiger partial charge in [0.2, 0.25) is 0 Å². The van der Waals surface area contributed by atoms with Crippen LogP contribution in [0.15, 0.2) is 24.3 Å². The first-order valence-corrected chi connectivity index (χ1v) is 7.04. The maximum Gasteiger partial charge on any atom is 0.321 e. The number of aliphatic hydroxyl groups excluding tert-OH is 1. The average molecular weight is 277 g/mol. The van der Waals surface area contributed by atoms with Crippen molar-refractivity contribution in [1.29, 1.82) is 0 Å². The van der Waals surface area contributed by atoms with E-state index < -0.39 is 0 Å². The number of anilines is 2. The van der Waals surface area contributed by atoms with Crippen LogP contribution in [0.5, 0.6) is 0 Å². The van der Waals surface area contributed by atoms with Crippen molar-refractivity contribution in [2.75, 3.05) is 30.4 Å². The molecule has 2 N–H and O–H groups in total. The minimum atomic E-state index is -0.390. The van der Waals surface area contributed by atoms with Crippen LogP contribution >= 0.6 is 0 Å². The summed E-state index contributed by atoms with van der Waals surface area (Å²) in [7, 11) is 2.03. The summed E-state index contributed by atoms with van der Waals surface area (Å²) in [5.41, 5.74) is 1.85. The van der Waals surface area contributed by atoms with Crippen LogP contribution in [0.1, 0.15) is 20.3 Å². The number of carbonyl (C=O) groups is 1. The zero-order valence-corrected chi connectivity index (χ0v) is 12.3. The Labute approximate surface area is 120 Å². The molecule has 5 nitrogen and oxygen atoms in total. The Morgan fingerprint density at radius 1 is 1.50 bits per heavy atom. The second-order valence-corrected chi connectivity index (χ2v) is 5.57. The van der Waals surface area contributed by atoms with Gasteiger partial charge in [0.15, 0.2) is 0 Å². The van der Waals surface area contributed by atoms with Crippen molar-refractivity contribution in [2.45, 2.75) is 32.4 Å². The maximum absolute atomic E-state index is 12.1. The Hall–Kier alpha value is -1.75. The van der Waals surface area contributed by atoms with Gasteiger partial charge in [-0.2, -0.15) is 0 Å². The Kier molecular flexibility index (Phi) is 4.49. The van der Waals surface area contributed by atoms with Gasteiger partial charge in [0.05, 0.1) is 6.10 Å². The van der Waals surface area contributed by atoms with Crippen molar-refractivity contribution in [3.63, 3.8) is 0 Å². The van der Waals surface area contributed by atoms with Crippen molar-refractivity contribution >= 4 is 17.4 Å². The molecule has 1 aliphatic rings. The third kappa shape index (κ3) is 3.42. The minimum absolute atomic E-state index is 0.147. The smallest absolute Gasteiger partial charge is 0.321 e. The number of carbonyl (C=O) groups excluding carboxylic acids is 1. The van der Waals surface area contributed by atoms with Gasteiger partial charge < -0.3 is 20.2 Å². The van der Waals surface area contributed by atoms with Gasteiger partial charge in [-0.05, 0) is 38.5 Å². The topological polar surface area (TPSA) is 55.8 Å². The molecule has 110 valence electrons. The fourth-order valence-electron chi connectivity index (χ4n) is 2.23. The first kappa shape index (κ1) is 14.7. The summed E-state index contributed by atoms with van der Waals surface area (Å²) in [6, 6.07) is 8.05. The van der Waals surface area contributed by atoms with Gasteiger partial charge >= 0.3 is 6.03 Å². The molecule has 0 spiro atoms. The minimum Gasteiger partial charge on any atom is -0.391 e. The van der Waals surface area contributed by atoms with Crippen molar-refractivity contribution < 1.29 is 9.90 Å². The summed E-state index contributed by atoms with van der Waals surface area (Å²) in [5, 5.41) is 12.4. The number of aliphatic hydroxyl groups is 1. The number of amides is 2. The van der Waals surface area contributed by atoms with E-state index in [4.69, 9.17) is 0 Å². The zero-order valence-electron chi connectivity index (χ0n) is 12.3. The lowest BCUT2D eigenvalue weighted by atomic mass is 10.2. The molecule has 0 radical (unpaired) electrons. The van der Waals surface area contributed by atoms with Crippen molar-refractivity contribution in [3.8, 4) is 0 Å². The fourth-order valence-corrected chi connectivity index (χ4v) is 2.23. The van der Waals surface area contributed by atoms with Crippen LogP contribution in [0.25, 0.3) is 0 Å². The molecule has 20 heavy (non-hydrogen) atoms. The number of hydrogen-bond acceptors (Lipinski definition) is 3. The largest absolute Gasteiger partial charge is 0.391 e. The summed E-state index contributed by atoms with van der Waals surface area (Å²) in [6.07, 6.45) is 0.267. The van der Waals surface area contributed by atoms with Crippen LogP contribution in [0.4, 0.5) is 16.2 Å². The predicted octanol–water partition coefficient (Wildman–Crippen LogP) is 2.13. The van der Waals surface area contributed by atoms with Gasteiger partial charge in [-0.3, -0.25) is 0 Å². The molecule has 1 atom stereocenters. The molecule has 5 heteroatoms. The van der Waals surface area contributed by atoms with E-state index in [0.29, 0.717) is 25.6 Å². The van der Waals surface area contributed by atoms with E-state index in [-0.39, 0.29) is 12.1 Å². The second kappa shape index (κ2) is 6.13. The molecule has 0 saturated carbocycles.